The van der Waals surface area contributed by atoms with Crippen molar-refractivity contribution in [2.45, 2.75) is 50.5 Å². The fourth-order valence-electron chi connectivity index (χ4n) is 2.96. The summed E-state index contributed by atoms with van der Waals surface area (Å²) in [5.41, 5.74) is 14.2. The van der Waals surface area contributed by atoms with Crippen molar-refractivity contribution >= 4 is 11.8 Å². The van der Waals surface area contributed by atoms with E-state index in [2.05, 4.69) is 21.4 Å². The van der Waals surface area contributed by atoms with Crippen LogP contribution in [0.3, 0.4) is 0 Å². The van der Waals surface area contributed by atoms with Gasteiger partial charge in [0.05, 0.1) is 5.69 Å². The number of anilines is 2. The van der Waals surface area contributed by atoms with Crippen molar-refractivity contribution in [2.75, 3.05) is 17.6 Å². The Kier molecular flexibility index (Phi) is 3.87. The first-order valence-corrected chi connectivity index (χ1v) is 7.52. The summed E-state index contributed by atoms with van der Waals surface area (Å²) in [6.45, 7) is 0.861. The Morgan fingerprint density at radius 3 is 2.80 bits per heavy atom. The zero-order chi connectivity index (χ0) is 13.9. The van der Waals surface area contributed by atoms with Gasteiger partial charge in [-0.25, -0.2) is 4.98 Å². The average Bonchev–Trinajstić information content (AvgIpc) is 2.42. The summed E-state index contributed by atoms with van der Waals surface area (Å²) in [4.78, 5) is 8.62. The normalized spacial score (nSPS) is 25.8. The van der Waals surface area contributed by atoms with E-state index in [1.54, 1.807) is 0 Å². The average molecular weight is 273 g/mol. The summed E-state index contributed by atoms with van der Waals surface area (Å²) >= 11 is 0. The molecule has 0 bridgehead atoms. The second-order valence-electron chi connectivity index (χ2n) is 5.93. The van der Waals surface area contributed by atoms with Crippen molar-refractivity contribution in [2.24, 2.45) is 5.73 Å². The molecule has 0 unspecified atom stereocenters. The number of hydrogen-bond donors (Lipinski definition) is 3. The molecule has 3 rings (SSSR count). The lowest BCUT2D eigenvalue weighted by Crippen LogP contribution is -2.35. The Morgan fingerprint density at radius 2 is 2.10 bits per heavy atom. The fraction of sp³-hybridized carbons (Fsp3) is 0.600. The fourth-order valence-corrected chi connectivity index (χ4v) is 2.96. The van der Waals surface area contributed by atoms with Gasteiger partial charge in [-0.2, -0.15) is 4.98 Å². The predicted octanol–water partition coefficient (Wildman–Crippen LogP) is 2.18. The smallest absolute Gasteiger partial charge is 0.222 e. The third kappa shape index (κ3) is 3.10. The lowest BCUT2D eigenvalue weighted by molar-refractivity contribution is 0.345. The van der Waals surface area contributed by atoms with E-state index < -0.39 is 0 Å². The molecule has 5 nitrogen and oxygen atoms in total. The molecule has 2 aliphatic carbocycles. The molecule has 0 atom stereocenters. The first kappa shape index (κ1) is 13.4. The quantitative estimate of drug-likeness (QED) is 0.731. The second-order valence-corrected chi connectivity index (χ2v) is 5.93. The molecule has 5 N–H and O–H groups in total. The van der Waals surface area contributed by atoms with E-state index in [1.807, 2.05) is 6.07 Å². The minimum absolute atomic E-state index is 0.319. The molecule has 1 fully saturated rings. The molecule has 20 heavy (non-hydrogen) atoms. The van der Waals surface area contributed by atoms with Gasteiger partial charge >= 0.3 is 0 Å². The Morgan fingerprint density at radius 1 is 1.25 bits per heavy atom. The zero-order valence-electron chi connectivity index (χ0n) is 11.8. The van der Waals surface area contributed by atoms with Gasteiger partial charge in [-0.05, 0) is 38.5 Å². The van der Waals surface area contributed by atoms with Crippen LogP contribution in [0.2, 0.25) is 0 Å². The third-order valence-corrected chi connectivity index (χ3v) is 4.24. The minimum atomic E-state index is 0.319. The molecule has 0 aromatic carbocycles. The topological polar surface area (TPSA) is 89.8 Å². The number of rotatable bonds is 4. The van der Waals surface area contributed by atoms with Crippen molar-refractivity contribution in [3.8, 4) is 0 Å². The number of allylic oxidation sites excluding steroid dienone is 1. The van der Waals surface area contributed by atoms with E-state index in [0.29, 0.717) is 17.9 Å². The summed E-state index contributed by atoms with van der Waals surface area (Å²) in [5, 5.41) is 3.38. The van der Waals surface area contributed by atoms with Crippen molar-refractivity contribution < 1.29 is 0 Å². The maximum absolute atomic E-state index is 5.84. The first-order valence-electron chi connectivity index (χ1n) is 7.52. The van der Waals surface area contributed by atoms with Crippen LogP contribution in [0, 0.1) is 0 Å². The predicted molar refractivity (Wildman–Crippen MR) is 81.4 cm³/mol. The number of hydrogen-bond acceptors (Lipinski definition) is 5. The van der Waals surface area contributed by atoms with E-state index in [1.165, 1.54) is 31.3 Å². The number of nitrogens with one attached hydrogen (secondary N) is 1. The first-order chi connectivity index (χ1) is 9.70. The Labute approximate surface area is 119 Å². The van der Waals surface area contributed by atoms with Crippen LogP contribution in [0.4, 0.5) is 11.8 Å². The largest absolute Gasteiger partial charge is 0.368 e. The van der Waals surface area contributed by atoms with Crippen LogP contribution in [0.25, 0.3) is 0 Å². The number of nitrogen functional groups attached to an aromatic ring is 1. The molecule has 0 spiro atoms. The molecule has 0 saturated heterocycles. The van der Waals surface area contributed by atoms with Crippen molar-refractivity contribution in [1.29, 1.82) is 0 Å². The van der Waals surface area contributed by atoms with E-state index in [4.69, 9.17) is 11.5 Å². The molecule has 108 valence electrons. The Hall–Kier alpha value is -1.62. The van der Waals surface area contributed by atoms with E-state index in [-0.39, 0.29) is 0 Å². The van der Waals surface area contributed by atoms with Crippen molar-refractivity contribution in [1.82, 2.24) is 9.97 Å². The number of aromatic nitrogens is 2. The lowest BCUT2D eigenvalue weighted by Gasteiger charge is -2.32. The molecule has 1 aromatic rings. The molecule has 1 saturated carbocycles. The summed E-state index contributed by atoms with van der Waals surface area (Å²) in [6.07, 6.45) is 9.35. The van der Waals surface area contributed by atoms with E-state index >= 15 is 0 Å². The van der Waals surface area contributed by atoms with Crippen LogP contribution in [0.5, 0.6) is 0 Å². The van der Waals surface area contributed by atoms with Crippen LogP contribution in [0.15, 0.2) is 17.7 Å². The monoisotopic (exact) mass is 273 g/mol. The summed E-state index contributed by atoms with van der Waals surface area (Å²) in [7, 11) is 0. The van der Waals surface area contributed by atoms with Gasteiger partial charge in [-0.3, -0.25) is 0 Å². The van der Waals surface area contributed by atoms with Crippen LogP contribution in [-0.4, -0.2) is 22.6 Å². The molecule has 1 heterocycles. The molecule has 0 radical (unpaired) electrons. The maximum atomic E-state index is 5.84. The van der Waals surface area contributed by atoms with Crippen LogP contribution < -0.4 is 16.8 Å². The standard InChI is InChI=1S/C15H23N5/c16-12-6-11(7-12)13-8-14(20-15(17)19-13)18-9-10-4-2-1-3-5-10/h4,8,11-12H,1-3,5-7,9,16H2,(H3,17,18,19,20). The maximum Gasteiger partial charge on any atom is 0.222 e. The van der Waals surface area contributed by atoms with Crippen LogP contribution >= 0.6 is 0 Å². The SMILES string of the molecule is Nc1nc(NCC2=CCCCC2)cc(C2CC(N)C2)n1. The highest BCUT2D eigenvalue weighted by atomic mass is 15.1. The third-order valence-electron chi connectivity index (χ3n) is 4.24. The van der Waals surface area contributed by atoms with Crippen molar-refractivity contribution in [3.05, 3.63) is 23.4 Å². The lowest BCUT2D eigenvalue weighted by atomic mass is 9.78. The molecule has 0 aliphatic heterocycles. The van der Waals surface area contributed by atoms with Gasteiger partial charge in [-0.1, -0.05) is 11.6 Å². The Bertz CT molecular complexity index is 505. The number of nitrogens with two attached hydrogens (primary N) is 2. The van der Waals surface area contributed by atoms with Gasteiger partial charge in [0.25, 0.3) is 0 Å². The highest BCUT2D eigenvalue weighted by Crippen LogP contribution is 2.35. The van der Waals surface area contributed by atoms with Gasteiger partial charge in [0.2, 0.25) is 5.95 Å². The summed E-state index contributed by atoms with van der Waals surface area (Å²) in [5.74, 6) is 1.63. The van der Waals surface area contributed by atoms with Crippen molar-refractivity contribution in [3.63, 3.8) is 0 Å². The van der Waals surface area contributed by atoms with E-state index in [9.17, 15) is 0 Å². The molecular weight excluding hydrogens is 250 g/mol. The summed E-state index contributed by atoms with van der Waals surface area (Å²) < 4.78 is 0. The highest BCUT2D eigenvalue weighted by molar-refractivity contribution is 5.43. The minimum Gasteiger partial charge on any atom is -0.368 e. The van der Waals surface area contributed by atoms with Gasteiger partial charge in [0.15, 0.2) is 0 Å². The van der Waals surface area contributed by atoms with Gasteiger partial charge < -0.3 is 16.8 Å². The van der Waals surface area contributed by atoms with Gasteiger partial charge in [-0.15, -0.1) is 0 Å². The van der Waals surface area contributed by atoms with Crippen LogP contribution in [0.1, 0.15) is 50.1 Å². The van der Waals surface area contributed by atoms with Crippen LogP contribution in [-0.2, 0) is 0 Å². The number of nitrogens with zero attached hydrogens (tertiary/aromatic N) is 2. The molecule has 2 aliphatic rings. The molecule has 1 aromatic heterocycles. The van der Waals surface area contributed by atoms with E-state index in [0.717, 1.165) is 30.9 Å². The zero-order valence-corrected chi connectivity index (χ0v) is 11.8. The summed E-state index contributed by atoms with van der Waals surface area (Å²) in [6, 6.07) is 2.34. The molecular formula is C15H23N5. The highest BCUT2D eigenvalue weighted by Gasteiger charge is 2.29. The Balaban J connectivity index is 1.65. The van der Waals surface area contributed by atoms with Gasteiger partial charge in [0, 0.05) is 24.6 Å². The molecule has 0 amide bonds. The van der Waals surface area contributed by atoms with Gasteiger partial charge in [0.1, 0.15) is 5.82 Å². The second kappa shape index (κ2) is 5.79. The molecule has 5 heteroatoms.